The number of ether oxygens (including phenoxy) is 1. The first kappa shape index (κ1) is 17.3. The molecule has 23 heavy (non-hydrogen) atoms. The first-order valence-electron chi connectivity index (χ1n) is 6.97. The number of carbonyl (C=O) groups excluding carboxylic acids is 1. The number of amides is 2. The van der Waals surface area contributed by atoms with Crippen molar-refractivity contribution in [1.29, 1.82) is 0 Å². The van der Waals surface area contributed by atoms with Crippen LogP contribution in [0.25, 0.3) is 0 Å². The topological polar surface area (TPSA) is 93.6 Å². The Hall–Kier alpha value is -2.09. The minimum absolute atomic E-state index is 0.281. The van der Waals surface area contributed by atoms with Gasteiger partial charge >= 0.3 is 6.03 Å². The maximum atomic E-state index is 11.6. The number of halogens is 1. The van der Waals surface area contributed by atoms with Crippen LogP contribution in [0.2, 0.25) is 0 Å². The summed E-state index contributed by atoms with van der Waals surface area (Å²) in [6.45, 7) is 4.22. The fourth-order valence-corrected chi connectivity index (χ4v) is 2.46. The maximum absolute atomic E-state index is 11.6. The SMILES string of the molecule is Cc1ccc(OCc2c(C)cccc2N(N)C(=O)NN)cc1Br. The van der Waals surface area contributed by atoms with Crippen molar-refractivity contribution in [1.82, 2.24) is 5.43 Å². The Morgan fingerprint density at radius 3 is 2.65 bits per heavy atom. The smallest absolute Gasteiger partial charge is 0.350 e. The number of hydrogen-bond donors (Lipinski definition) is 3. The van der Waals surface area contributed by atoms with Crippen molar-refractivity contribution in [3.63, 3.8) is 0 Å². The minimum Gasteiger partial charge on any atom is -0.489 e. The molecule has 0 aromatic heterocycles. The van der Waals surface area contributed by atoms with E-state index in [2.05, 4.69) is 15.9 Å². The van der Waals surface area contributed by atoms with Gasteiger partial charge in [0.05, 0.1) is 5.69 Å². The molecular formula is C16H19BrN4O2. The number of benzene rings is 2. The van der Waals surface area contributed by atoms with E-state index in [1.54, 1.807) is 6.07 Å². The number of aryl methyl sites for hydroxylation is 2. The van der Waals surface area contributed by atoms with Crippen LogP contribution in [0.1, 0.15) is 16.7 Å². The van der Waals surface area contributed by atoms with Gasteiger partial charge in [0.1, 0.15) is 12.4 Å². The molecule has 0 radical (unpaired) electrons. The molecule has 0 aliphatic rings. The van der Waals surface area contributed by atoms with Gasteiger partial charge in [-0.1, -0.05) is 34.1 Å². The molecule has 0 aliphatic carbocycles. The van der Waals surface area contributed by atoms with E-state index < -0.39 is 6.03 Å². The number of rotatable bonds is 4. The average Bonchev–Trinajstić information content (AvgIpc) is 2.55. The van der Waals surface area contributed by atoms with E-state index >= 15 is 0 Å². The van der Waals surface area contributed by atoms with Gasteiger partial charge in [0.15, 0.2) is 0 Å². The van der Waals surface area contributed by atoms with Crippen molar-refractivity contribution >= 4 is 27.6 Å². The summed E-state index contributed by atoms with van der Waals surface area (Å²) in [5.74, 6) is 11.7. The average molecular weight is 379 g/mol. The van der Waals surface area contributed by atoms with Gasteiger partial charge in [-0.3, -0.25) is 5.43 Å². The second kappa shape index (κ2) is 7.45. The molecule has 0 atom stereocenters. The molecule has 2 aromatic carbocycles. The fourth-order valence-electron chi connectivity index (χ4n) is 2.10. The standard InChI is InChI=1S/C16H19BrN4O2/c1-10-4-3-5-15(21(19)16(22)20-18)13(10)9-23-12-7-6-11(2)14(17)8-12/h3-8H,9,18-19H2,1-2H3,(H,20,22). The van der Waals surface area contributed by atoms with Crippen molar-refractivity contribution in [2.75, 3.05) is 5.01 Å². The molecule has 0 unspecified atom stereocenters. The van der Waals surface area contributed by atoms with E-state index in [0.29, 0.717) is 5.69 Å². The summed E-state index contributed by atoms with van der Waals surface area (Å²) in [6.07, 6.45) is 0. The number of carbonyl (C=O) groups is 1. The highest BCUT2D eigenvalue weighted by Crippen LogP contribution is 2.26. The van der Waals surface area contributed by atoms with Crippen LogP contribution in [-0.2, 0) is 6.61 Å². The predicted molar refractivity (Wildman–Crippen MR) is 93.8 cm³/mol. The van der Waals surface area contributed by atoms with E-state index in [1.807, 2.05) is 49.6 Å². The monoisotopic (exact) mass is 378 g/mol. The summed E-state index contributed by atoms with van der Waals surface area (Å²) >= 11 is 3.48. The van der Waals surface area contributed by atoms with E-state index in [0.717, 1.165) is 31.9 Å². The van der Waals surface area contributed by atoms with Crippen molar-refractivity contribution in [3.05, 3.63) is 57.6 Å². The van der Waals surface area contributed by atoms with E-state index in [-0.39, 0.29) is 6.61 Å². The zero-order chi connectivity index (χ0) is 17.0. The normalized spacial score (nSPS) is 10.3. The van der Waals surface area contributed by atoms with E-state index in [1.165, 1.54) is 0 Å². The third kappa shape index (κ3) is 4.01. The van der Waals surface area contributed by atoms with Gasteiger partial charge in [-0.15, -0.1) is 0 Å². The highest BCUT2D eigenvalue weighted by Gasteiger charge is 2.16. The molecule has 2 aromatic rings. The van der Waals surface area contributed by atoms with Crippen molar-refractivity contribution in [3.8, 4) is 5.75 Å². The number of anilines is 1. The largest absolute Gasteiger partial charge is 0.489 e. The lowest BCUT2D eigenvalue weighted by Crippen LogP contribution is -2.48. The highest BCUT2D eigenvalue weighted by atomic mass is 79.9. The molecule has 0 saturated heterocycles. The molecule has 0 aliphatic heterocycles. The number of hydrogen-bond acceptors (Lipinski definition) is 4. The lowest BCUT2D eigenvalue weighted by molar-refractivity contribution is 0.246. The molecule has 5 N–H and O–H groups in total. The second-order valence-corrected chi connectivity index (χ2v) is 5.95. The summed E-state index contributed by atoms with van der Waals surface area (Å²) < 4.78 is 6.81. The Morgan fingerprint density at radius 1 is 1.26 bits per heavy atom. The molecule has 0 bridgehead atoms. The minimum atomic E-state index is -0.602. The van der Waals surface area contributed by atoms with Crippen LogP contribution < -0.4 is 26.9 Å². The summed E-state index contributed by atoms with van der Waals surface area (Å²) in [6, 6.07) is 10.7. The molecule has 6 nitrogen and oxygen atoms in total. The number of nitrogens with zero attached hydrogens (tertiary/aromatic N) is 1. The Bertz CT molecular complexity index is 721. The van der Waals surface area contributed by atoms with Gasteiger partial charge in [0.25, 0.3) is 0 Å². The molecule has 0 heterocycles. The molecule has 122 valence electrons. The van der Waals surface area contributed by atoms with Gasteiger partial charge in [-0.2, -0.15) is 0 Å². The van der Waals surface area contributed by atoms with E-state index in [4.69, 9.17) is 16.4 Å². The summed E-state index contributed by atoms with van der Waals surface area (Å²) in [5, 5.41) is 0.969. The van der Waals surface area contributed by atoms with Gasteiger partial charge in [0, 0.05) is 10.0 Å². The lowest BCUT2D eigenvalue weighted by Gasteiger charge is -2.21. The second-order valence-electron chi connectivity index (χ2n) is 5.09. The molecule has 0 spiro atoms. The van der Waals surface area contributed by atoms with Gasteiger partial charge in [-0.05, 0) is 43.2 Å². The quantitative estimate of drug-likeness (QED) is 0.433. The van der Waals surface area contributed by atoms with Crippen LogP contribution in [0.4, 0.5) is 10.5 Å². The molecule has 2 rings (SSSR count). The number of hydrazine groups is 2. The number of urea groups is 1. The zero-order valence-corrected chi connectivity index (χ0v) is 14.6. The van der Waals surface area contributed by atoms with Crippen molar-refractivity contribution in [2.24, 2.45) is 11.7 Å². The van der Waals surface area contributed by atoms with Crippen LogP contribution >= 0.6 is 15.9 Å². The summed E-state index contributed by atoms with van der Waals surface area (Å²) in [4.78, 5) is 11.6. The molecule has 7 heteroatoms. The Morgan fingerprint density at radius 2 is 2.00 bits per heavy atom. The van der Waals surface area contributed by atoms with E-state index in [9.17, 15) is 4.79 Å². The Balaban J connectivity index is 2.25. The van der Waals surface area contributed by atoms with Crippen LogP contribution in [0, 0.1) is 13.8 Å². The third-order valence-electron chi connectivity index (χ3n) is 3.51. The number of nitrogens with one attached hydrogen (secondary N) is 1. The van der Waals surface area contributed by atoms with Crippen LogP contribution in [0.3, 0.4) is 0 Å². The first-order valence-corrected chi connectivity index (χ1v) is 7.76. The van der Waals surface area contributed by atoms with Gasteiger partial charge < -0.3 is 4.74 Å². The molecule has 2 amide bonds. The van der Waals surface area contributed by atoms with Gasteiger partial charge in [0.2, 0.25) is 0 Å². The molecule has 0 saturated carbocycles. The van der Waals surface area contributed by atoms with Gasteiger partial charge in [-0.25, -0.2) is 21.5 Å². The van der Waals surface area contributed by atoms with Crippen LogP contribution in [-0.4, -0.2) is 6.03 Å². The fraction of sp³-hybridized carbons (Fsp3) is 0.188. The summed E-state index contributed by atoms with van der Waals surface area (Å²) in [5.41, 5.74) is 5.46. The third-order valence-corrected chi connectivity index (χ3v) is 4.37. The van der Waals surface area contributed by atoms with Crippen LogP contribution in [0.15, 0.2) is 40.9 Å². The Labute approximate surface area is 143 Å². The molecule has 0 fully saturated rings. The predicted octanol–water partition coefficient (Wildman–Crippen LogP) is 2.91. The lowest BCUT2D eigenvalue weighted by atomic mass is 10.1. The van der Waals surface area contributed by atoms with Crippen molar-refractivity contribution < 1.29 is 9.53 Å². The van der Waals surface area contributed by atoms with Crippen molar-refractivity contribution in [2.45, 2.75) is 20.5 Å². The summed E-state index contributed by atoms with van der Waals surface area (Å²) in [7, 11) is 0. The maximum Gasteiger partial charge on any atom is 0.350 e. The first-order chi connectivity index (χ1) is 10.9. The van der Waals surface area contributed by atoms with Crippen LogP contribution in [0.5, 0.6) is 5.75 Å². The zero-order valence-electron chi connectivity index (χ0n) is 13.0. The Kier molecular flexibility index (Phi) is 5.59. The highest BCUT2D eigenvalue weighted by molar-refractivity contribution is 9.10. The number of nitrogens with two attached hydrogens (primary N) is 2. The molecular weight excluding hydrogens is 360 g/mol.